The van der Waals surface area contributed by atoms with Gasteiger partial charge >= 0.3 is 0 Å². The van der Waals surface area contributed by atoms with E-state index in [2.05, 4.69) is 20.1 Å². The van der Waals surface area contributed by atoms with E-state index in [1.165, 1.54) is 19.3 Å². The van der Waals surface area contributed by atoms with Crippen LogP contribution in [0.15, 0.2) is 0 Å². The third-order valence-electron chi connectivity index (χ3n) is 6.43. The van der Waals surface area contributed by atoms with E-state index in [0.717, 1.165) is 63.7 Å². The number of rotatable bonds is 3. The number of aryl methyl sites for hydroxylation is 1. The minimum Gasteiger partial charge on any atom is -0.381 e. The van der Waals surface area contributed by atoms with Crippen LogP contribution in [0.3, 0.4) is 0 Å². The number of carbonyl (C=O) groups excluding carboxylic acids is 1. The molecular formula is C18H27N5O2. The van der Waals surface area contributed by atoms with Gasteiger partial charge in [0.25, 0.3) is 0 Å². The predicted molar refractivity (Wildman–Crippen MR) is 90.5 cm³/mol. The number of amides is 1. The van der Waals surface area contributed by atoms with Gasteiger partial charge in [-0.05, 0) is 44.2 Å². The summed E-state index contributed by atoms with van der Waals surface area (Å²) in [5.74, 6) is 1.50. The van der Waals surface area contributed by atoms with Crippen LogP contribution in [0.25, 0.3) is 0 Å². The normalized spacial score (nSPS) is 32.2. The predicted octanol–water partition coefficient (Wildman–Crippen LogP) is 0.889. The Morgan fingerprint density at radius 3 is 2.64 bits per heavy atom. The highest BCUT2D eigenvalue weighted by atomic mass is 16.5. The van der Waals surface area contributed by atoms with Gasteiger partial charge in [0.1, 0.15) is 5.69 Å². The van der Waals surface area contributed by atoms with E-state index in [-0.39, 0.29) is 5.92 Å². The smallest absolute Gasteiger partial charge is 0.226 e. The van der Waals surface area contributed by atoms with Gasteiger partial charge in [-0.1, -0.05) is 11.6 Å². The highest BCUT2D eigenvalue weighted by Crippen LogP contribution is 2.51. The number of hydrogen-bond donors (Lipinski definition) is 0. The average Bonchev–Trinajstić information content (AvgIpc) is 3.01. The second-order valence-corrected chi connectivity index (χ2v) is 8.05. The number of carbonyl (C=O) groups is 1. The summed E-state index contributed by atoms with van der Waals surface area (Å²) in [6.07, 6.45) is 4.86. The zero-order valence-corrected chi connectivity index (χ0v) is 14.8. The summed E-state index contributed by atoms with van der Waals surface area (Å²) in [7, 11) is 0. The summed E-state index contributed by atoms with van der Waals surface area (Å²) in [5, 5.41) is 8.83. The Morgan fingerprint density at radius 1 is 1.04 bits per heavy atom. The summed E-state index contributed by atoms with van der Waals surface area (Å²) in [6.45, 7) is 7.10. The van der Waals surface area contributed by atoms with Crippen molar-refractivity contribution in [2.45, 2.75) is 45.3 Å². The topological polar surface area (TPSA) is 63.5 Å². The van der Waals surface area contributed by atoms with Gasteiger partial charge in [0.05, 0.1) is 25.5 Å². The van der Waals surface area contributed by atoms with Gasteiger partial charge in [0, 0.05) is 25.6 Å². The summed E-state index contributed by atoms with van der Waals surface area (Å²) in [5.41, 5.74) is 2.22. The molecule has 0 spiro atoms. The van der Waals surface area contributed by atoms with Gasteiger partial charge in [-0.15, -0.1) is 5.10 Å². The second kappa shape index (κ2) is 6.36. The van der Waals surface area contributed by atoms with Crippen molar-refractivity contribution < 1.29 is 9.53 Å². The van der Waals surface area contributed by atoms with E-state index in [1.807, 2.05) is 4.68 Å². The van der Waals surface area contributed by atoms with Crippen molar-refractivity contribution in [2.24, 2.45) is 17.8 Å². The van der Waals surface area contributed by atoms with Crippen LogP contribution >= 0.6 is 0 Å². The van der Waals surface area contributed by atoms with E-state index < -0.39 is 0 Å². The Morgan fingerprint density at radius 2 is 1.84 bits per heavy atom. The Hall–Kier alpha value is -1.47. The standard InChI is InChI=1S/C18H27N5O2/c24-18(17-13-11-25-12-14(13)17)22-7-4-8-23-16(10-22)15(19-20-23)9-21-5-2-1-3-6-21/h13-14,17H,1-12H2/t13-,14+,17?. The molecule has 7 nitrogen and oxygen atoms in total. The summed E-state index contributed by atoms with van der Waals surface area (Å²) < 4.78 is 7.48. The van der Waals surface area contributed by atoms with Crippen molar-refractivity contribution in [3.8, 4) is 0 Å². The molecule has 3 aliphatic heterocycles. The van der Waals surface area contributed by atoms with Crippen LogP contribution < -0.4 is 0 Å². The maximum atomic E-state index is 13.0. The van der Waals surface area contributed by atoms with Crippen LogP contribution in [0.4, 0.5) is 0 Å². The molecule has 4 heterocycles. The van der Waals surface area contributed by atoms with Crippen LogP contribution in [0.2, 0.25) is 0 Å². The second-order valence-electron chi connectivity index (χ2n) is 8.05. The van der Waals surface area contributed by atoms with Gasteiger partial charge in [-0.2, -0.15) is 0 Å². The lowest BCUT2D eigenvalue weighted by atomic mass is 10.1. The molecule has 0 N–H and O–H groups in total. The van der Waals surface area contributed by atoms with Gasteiger partial charge < -0.3 is 9.64 Å². The van der Waals surface area contributed by atoms with Crippen LogP contribution in [-0.2, 0) is 29.2 Å². The fourth-order valence-corrected chi connectivity index (χ4v) is 4.85. The molecule has 25 heavy (non-hydrogen) atoms. The minimum atomic E-state index is 0.210. The molecule has 5 rings (SSSR count). The molecule has 0 bridgehead atoms. The maximum Gasteiger partial charge on any atom is 0.226 e. The van der Waals surface area contributed by atoms with Crippen molar-refractivity contribution in [1.82, 2.24) is 24.8 Å². The number of aromatic nitrogens is 3. The molecule has 1 aromatic rings. The van der Waals surface area contributed by atoms with Crippen molar-refractivity contribution in [3.05, 3.63) is 11.4 Å². The number of likely N-dealkylation sites (tertiary alicyclic amines) is 1. The lowest BCUT2D eigenvalue weighted by Crippen LogP contribution is -2.34. The van der Waals surface area contributed by atoms with Gasteiger partial charge in [-0.25, -0.2) is 4.68 Å². The first-order valence-corrected chi connectivity index (χ1v) is 9.81. The van der Waals surface area contributed by atoms with Crippen molar-refractivity contribution >= 4 is 5.91 Å². The third kappa shape index (κ3) is 2.87. The number of nitrogens with zero attached hydrogens (tertiary/aromatic N) is 5. The van der Waals surface area contributed by atoms with Crippen molar-refractivity contribution in [2.75, 3.05) is 32.8 Å². The third-order valence-corrected chi connectivity index (χ3v) is 6.43. The van der Waals surface area contributed by atoms with Crippen LogP contribution in [-0.4, -0.2) is 63.5 Å². The first-order valence-electron chi connectivity index (χ1n) is 9.81. The summed E-state index contributed by atoms with van der Waals surface area (Å²) in [4.78, 5) is 17.5. The molecule has 1 aliphatic carbocycles. The molecule has 0 aromatic carbocycles. The zero-order valence-electron chi connectivity index (χ0n) is 14.8. The zero-order chi connectivity index (χ0) is 16.8. The van der Waals surface area contributed by atoms with Crippen LogP contribution in [0, 0.1) is 17.8 Å². The highest BCUT2D eigenvalue weighted by Gasteiger charge is 2.59. The molecule has 2 saturated heterocycles. The fourth-order valence-electron chi connectivity index (χ4n) is 4.85. The van der Waals surface area contributed by atoms with E-state index in [1.54, 1.807) is 0 Å². The van der Waals surface area contributed by atoms with Crippen LogP contribution in [0.5, 0.6) is 0 Å². The van der Waals surface area contributed by atoms with E-state index in [0.29, 0.717) is 24.3 Å². The number of piperidine rings is 1. The van der Waals surface area contributed by atoms with Gasteiger partial charge in [0.15, 0.2) is 0 Å². The maximum absolute atomic E-state index is 13.0. The monoisotopic (exact) mass is 345 g/mol. The molecule has 1 aromatic heterocycles. The largest absolute Gasteiger partial charge is 0.381 e. The molecule has 1 saturated carbocycles. The van der Waals surface area contributed by atoms with Gasteiger partial charge in [-0.3, -0.25) is 9.69 Å². The van der Waals surface area contributed by atoms with Crippen molar-refractivity contribution in [1.29, 1.82) is 0 Å². The lowest BCUT2D eigenvalue weighted by molar-refractivity contribution is -0.134. The Balaban J connectivity index is 1.30. The number of hydrogen-bond acceptors (Lipinski definition) is 5. The first-order chi connectivity index (χ1) is 12.3. The molecule has 3 atom stereocenters. The Labute approximate surface area is 148 Å². The van der Waals surface area contributed by atoms with E-state index >= 15 is 0 Å². The first kappa shape index (κ1) is 15.8. The lowest BCUT2D eigenvalue weighted by Gasteiger charge is -2.26. The van der Waals surface area contributed by atoms with E-state index in [9.17, 15) is 4.79 Å². The molecule has 3 fully saturated rings. The number of ether oxygens (including phenoxy) is 1. The summed E-state index contributed by atoms with van der Waals surface area (Å²) >= 11 is 0. The fraction of sp³-hybridized carbons (Fsp3) is 0.833. The van der Waals surface area contributed by atoms with Gasteiger partial charge in [0.2, 0.25) is 5.91 Å². The van der Waals surface area contributed by atoms with E-state index in [4.69, 9.17) is 4.74 Å². The highest BCUT2D eigenvalue weighted by molar-refractivity contribution is 5.82. The molecular weight excluding hydrogens is 318 g/mol. The quantitative estimate of drug-likeness (QED) is 0.814. The molecule has 7 heteroatoms. The summed E-state index contributed by atoms with van der Waals surface area (Å²) in [6, 6.07) is 0. The molecule has 4 aliphatic rings. The molecule has 136 valence electrons. The molecule has 1 unspecified atom stereocenters. The minimum absolute atomic E-state index is 0.210. The Kier molecular flexibility index (Phi) is 4.01. The molecule has 0 radical (unpaired) electrons. The average molecular weight is 345 g/mol. The SMILES string of the molecule is O=C(C1[C@H]2COC[C@@H]12)N1CCCn2nnc(CN3CCCCC3)c2C1. The van der Waals surface area contributed by atoms with Crippen LogP contribution in [0.1, 0.15) is 37.1 Å². The molecule has 1 amide bonds. The number of fused-ring (bicyclic) bond motifs is 2. The van der Waals surface area contributed by atoms with Crippen molar-refractivity contribution in [3.63, 3.8) is 0 Å². The Bertz CT molecular complexity index is 644.